The molecule has 1 heterocycles. The van der Waals surface area contributed by atoms with Crippen molar-refractivity contribution in [1.82, 2.24) is 9.80 Å². The number of carbonyl (C=O) groups excluding carboxylic acids is 2. The first-order valence-corrected chi connectivity index (χ1v) is 9.98. The van der Waals surface area contributed by atoms with E-state index >= 15 is 0 Å². The summed E-state index contributed by atoms with van der Waals surface area (Å²) < 4.78 is 0. The van der Waals surface area contributed by atoms with Gasteiger partial charge in [0.1, 0.15) is 0 Å². The van der Waals surface area contributed by atoms with E-state index in [1.54, 1.807) is 0 Å². The van der Waals surface area contributed by atoms with Gasteiger partial charge in [-0.05, 0) is 63.0 Å². The zero-order chi connectivity index (χ0) is 18.1. The topological polar surface area (TPSA) is 40.6 Å². The van der Waals surface area contributed by atoms with E-state index in [2.05, 4.69) is 0 Å². The molecule has 1 saturated heterocycles. The van der Waals surface area contributed by atoms with Gasteiger partial charge in [-0.15, -0.1) is 0 Å². The van der Waals surface area contributed by atoms with Crippen molar-refractivity contribution >= 4 is 11.8 Å². The Hall–Kier alpha value is -2.10. The summed E-state index contributed by atoms with van der Waals surface area (Å²) in [6.45, 7) is 4.72. The van der Waals surface area contributed by atoms with Gasteiger partial charge < -0.3 is 9.80 Å². The number of benzene rings is 1. The van der Waals surface area contributed by atoms with Crippen molar-refractivity contribution in [3.8, 4) is 0 Å². The number of amides is 2. The largest absolute Gasteiger partial charge is 0.337 e. The highest BCUT2D eigenvalue weighted by Crippen LogP contribution is 2.48. The van der Waals surface area contributed by atoms with Gasteiger partial charge in [-0.1, -0.05) is 23.3 Å². The van der Waals surface area contributed by atoms with Crippen LogP contribution in [-0.4, -0.2) is 47.8 Å². The second-order valence-corrected chi connectivity index (χ2v) is 8.03. The summed E-state index contributed by atoms with van der Waals surface area (Å²) in [6, 6.07) is 7.75. The van der Waals surface area contributed by atoms with E-state index in [0.29, 0.717) is 24.9 Å². The van der Waals surface area contributed by atoms with Gasteiger partial charge in [0.15, 0.2) is 0 Å². The van der Waals surface area contributed by atoms with Gasteiger partial charge in [-0.2, -0.15) is 0 Å². The first-order chi connectivity index (χ1) is 12.6. The molecule has 1 aromatic rings. The number of carbonyl (C=O) groups is 2. The number of hydrogen-bond acceptors (Lipinski definition) is 2. The number of rotatable bonds is 4. The first kappa shape index (κ1) is 17.3. The van der Waals surface area contributed by atoms with Crippen molar-refractivity contribution in [2.75, 3.05) is 26.2 Å². The molecule has 4 nitrogen and oxygen atoms in total. The van der Waals surface area contributed by atoms with Crippen molar-refractivity contribution in [2.24, 2.45) is 11.8 Å². The molecule has 2 amide bonds. The average molecular weight is 352 g/mol. The van der Waals surface area contributed by atoms with Gasteiger partial charge in [0.2, 0.25) is 5.91 Å². The molecule has 3 aliphatic rings. The van der Waals surface area contributed by atoms with Crippen LogP contribution in [0.2, 0.25) is 0 Å². The Labute approximate surface area is 155 Å². The summed E-state index contributed by atoms with van der Waals surface area (Å²) >= 11 is 0. The van der Waals surface area contributed by atoms with Crippen molar-refractivity contribution < 1.29 is 9.59 Å². The maximum absolute atomic E-state index is 12.8. The molecule has 1 aliphatic heterocycles. The number of hydrogen-bond donors (Lipinski definition) is 0. The van der Waals surface area contributed by atoms with Crippen LogP contribution in [-0.2, 0) is 4.79 Å². The van der Waals surface area contributed by atoms with E-state index in [4.69, 9.17) is 0 Å². The van der Waals surface area contributed by atoms with Gasteiger partial charge >= 0.3 is 0 Å². The molecule has 0 N–H and O–H groups in total. The third-order valence-electron chi connectivity index (χ3n) is 5.75. The van der Waals surface area contributed by atoms with Crippen LogP contribution in [0.5, 0.6) is 0 Å². The van der Waals surface area contributed by atoms with E-state index in [1.807, 2.05) is 47.1 Å². The van der Waals surface area contributed by atoms with E-state index < -0.39 is 0 Å². The molecule has 2 saturated carbocycles. The SMILES string of the molecule is Cc1cccc(C(=O)N2CCCN(C(=O)C=C(C3CC3)C3CC3)CC2)c1. The Morgan fingerprint density at radius 3 is 2.27 bits per heavy atom. The minimum Gasteiger partial charge on any atom is -0.337 e. The number of allylic oxidation sites excluding steroid dienone is 1. The Morgan fingerprint density at radius 1 is 0.962 bits per heavy atom. The highest BCUT2D eigenvalue weighted by atomic mass is 16.2. The van der Waals surface area contributed by atoms with E-state index in [1.165, 1.54) is 31.3 Å². The Balaban J connectivity index is 1.39. The summed E-state index contributed by atoms with van der Waals surface area (Å²) in [6.07, 6.45) is 7.82. The van der Waals surface area contributed by atoms with Crippen LogP contribution in [0.1, 0.15) is 48.0 Å². The molecule has 0 aromatic heterocycles. The smallest absolute Gasteiger partial charge is 0.253 e. The van der Waals surface area contributed by atoms with Gasteiger partial charge in [0.05, 0.1) is 0 Å². The predicted molar refractivity (Wildman–Crippen MR) is 102 cm³/mol. The molecule has 0 unspecified atom stereocenters. The molecule has 0 spiro atoms. The van der Waals surface area contributed by atoms with Gasteiger partial charge in [-0.25, -0.2) is 0 Å². The lowest BCUT2D eigenvalue weighted by Gasteiger charge is -2.22. The highest BCUT2D eigenvalue weighted by Gasteiger charge is 2.37. The summed E-state index contributed by atoms with van der Waals surface area (Å²) in [5.41, 5.74) is 3.25. The molecular formula is C22H28N2O2. The first-order valence-electron chi connectivity index (χ1n) is 9.98. The monoisotopic (exact) mass is 352 g/mol. The molecule has 4 heteroatoms. The summed E-state index contributed by atoms with van der Waals surface area (Å²) in [7, 11) is 0. The number of aryl methyl sites for hydroxylation is 1. The fourth-order valence-electron chi connectivity index (χ4n) is 3.94. The molecule has 1 aromatic carbocycles. The Morgan fingerprint density at radius 2 is 1.62 bits per heavy atom. The summed E-state index contributed by atoms with van der Waals surface area (Å²) in [5, 5.41) is 0. The second kappa shape index (κ2) is 7.26. The van der Waals surface area contributed by atoms with Gasteiger partial charge in [-0.3, -0.25) is 9.59 Å². The van der Waals surface area contributed by atoms with Crippen molar-refractivity contribution in [3.63, 3.8) is 0 Å². The fourth-order valence-corrected chi connectivity index (χ4v) is 3.94. The maximum atomic E-state index is 12.8. The molecule has 0 radical (unpaired) electrons. The maximum Gasteiger partial charge on any atom is 0.253 e. The summed E-state index contributed by atoms with van der Waals surface area (Å²) in [4.78, 5) is 29.4. The number of nitrogens with zero attached hydrogens (tertiary/aromatic N) is 2. The van der Waals surface area contributed by atoms with Crippen LogP contribution in [0.4, 0.5) is 0 Å². The summed E-state index contributed by atoms with van der Waals surface area (Å²) in [5.74, 6) is 1.59. The Bertz CT molecular complexity index is 717. The zero-order valence-corrected chi connectivity index (χ0v) is 15.6. The van der Waals surface area contributed by atoms with Gasteiger partial charge in [0, 0.05) is 37.8 Å². The van der Waals surface area contributed by atoms with Crippen LogP contribution in [0, 0.1) is 18.8 Å². The Kier molecular flexibility index (Phi) is 4.84. The third kappa shape index (κ3) is 4.00. The molecule has 0 atom stereocenters. The van der Waals surface area contributed by atoms with E-state index in [0.717, 1.165) is 30.6 Å². The fraction of sp³-hybridized carbons (Fsp3) is 0.545. The third-order valence-corrected chi connectivity index (χ3v) is 5.75. The van der Waals surface area contributed by atoms with Crippen molar-refractivity contribution in [3.05, 3.63) is 47.0 Å². The van der Waals surface area contributed by atoms with Crippen LogP contribution in [0.15, 0.2) is 35.9 Å². The van der Waals surface area contributed by atoms with Crippen molar-refractivity contribution in [1.29, 1.82) is 0 Å². The lowest BCUT2D eigenvalue weighted by molar-refractivity contribution is -0.126. The molecule has 0 bridgehead atoms. The minimum absolute atomic E-state index is 0.0789. The van der Waals surface area contributed by atoms with Crippen LogP contribution >= 0.6 is 0 Å². The standard InChI is InChI=1S/C22H28N2O2/c1-16-4-2-5-19(14-16)22(26)24-11-3-10-23(12-13-24)21(25)15-20(17-6-7-17)18-8-9-18/h2,4-5,14-15,17-18H,3,6-13H2,1H3. The normalized spacial score (nSPS) is 20.5. The van der Waals surface area contributed by atoms with Crippen LogP contribution in [0.3, 0.4) is 0 Å². The van der Waals surface area contributed by atoms with Gasteiger partial charge in [0.25, 0.3) is 5.91 Å². The quantitative estimate of drug-likeness (QED) is 0.779. The second-order valence-electron chi connectivity index (χ2n) is 8.03. The lowest BCUT2D eigenvalue weighted by atomic mass is 10.1. The van der Waals surface area contributed by atoms with Crippen LogP contribution in [0.25, 0.3) is 0 Å². The molecule has 138 valence electrons. The highest BCUT2D eigenvalue weighted by molar-refractivity contribution is 5.94. The van der Waals surface area contributed by atoms with Crippen LogP contribution < -0.4 is 0 Å². The lowest BCUT2D eigenvalue weighted by Crippen LogP contribution is -2.37. The predicted octanol–water partition coefficient (Wildman–Crippen LogP) is 3.42. The molecule has 26 heavy (non-hydrogen) atoms. The molecule has 3 fully saturated rings. The zero-order valence-electron chi connectivity index (χ0n) is 15.6. The molecule has 4 rings (SSSR count). The van der Waals surface area contributed by atoms with Crippen molar-refractivity contribution in [2.45, 2.75) is 39.0 Å². The average Bonchev–Trinajstić information content (AvgIpc) is 3.51. The van der Waals surface area contributed by atoms with E-state index in [-0.39, 0.29) is 11.8 Å². The molecular weight excluding hydrogens is 324 g/mol. The molecule has 2 aliphatic carbocycles. The van der Waals surface area contributed by atoms with E-state index in [9.17, 15) is 9.59 Å². The minimum atomic E-state index is 0.0789.